The molecule has 3 aromatic carbocycles. The zero-order valence-electron chi connectivity index (χ0n) is 22.4. The van der Waals surface area contributed by atoms with Crippen molar-refractivity contribution in [1.29, 1.82) is 0 Å². The summed E-state index contributed by atoms with van der Waals surface area (Å²) in [5, 5.41) is 11.3. The van der Waals surface area contributed by atoms with E-state index in [9.17, 15) is 29.3 Å². The maximum Gasteiger partial charge on any atom is 0.338 e. The molecule has 1 heterocycles. The SMILES string of the molecule is O=C(COC(=O)c1cccc(N2C(=O)[C@H]3[C@@H]4C=C[C@@H]([C@H]5C[C@H]45)[C@@H]3C2=O)c1)c1ccc(Oc2c(Cl)cccc2[N+](=O)[O-])cc1. The van der Waals surface area contributed by atoms with Crippen LogP contribution in [0.4, 0.5) is 11.4 Å². The number of nitro groups is 1. The second-order valence-corrected chi connectivity index (χ2v) is 11.6. The Bertz CT molecular complexity index is 1720. The predicted octanol–water partition coefficient (Wildman–Crippen LogP) is 5.64. The molecule has 0 N–H and O–H groups in total. The van der Waals surface area contributed by atoms with Gasteiger partial charge in [0.15, 0.2) is 12.4 Å². The van der Waals surface area contributed by atoms with Crippen molar-refractivity contribution in [2.75, 3.05) is 11.5 Å². The van der Waals surface area contributed by atoms with Crippen LogP contribution >= 0.6 is 11.6 Å². The first kappa shape index (κ1) is 27.0. The summed E-state index contributed by atoms with van der Waals surface area (Å²) in [5.41, 5.74) is 0.336. The Labute approximate surface area is 250 Å². The van der Waals surface area contributed by atoms with E-state index < -0.39 is 23.3 Å². The fourth-order valence-corrected chi connectivity index (χ4v) is 7.06. The fourth-order valence-electron chi connectivity index (χ4n) is 6.85. The third-order valence-electron chi connectivity index (χ3n) is 8.88. The highest BCUT2D eigenvalue weighted by atomic mass is 35.5. The van der Waals surface area contributed by atoms with E-state index >= 15 is 0 Å². The number of nitrogens with zero attached hydrogens (tertiary/aromatic N) is 2. The van der Waals surface area contributed by atoms with Crippen LogP contribution in [-0.2, 0) is 14.3 Å². The van der Waals surface area contributed by atoms with Crippen molar-refractivity contribution in [2.24, 2.45) is 35.5 Å². The Kier molecular flexibility index (Phi) is 6.39. The van der Waals surface area contributed by atoms with Crippen molar-refractivity contribution in [3.05, 3.63) is 105 Å². The second kappa shape index (κ2) is 10.2. The van der Waals surface area contributed by atoms with Crippen molar-refractivity contribution in [3.8, 4) is 11.5 Å². The molecule has 8 rings (SSSR count). The van der Waals surface area contributed by atoms with Gasteiger partial charge in [-0.3, -0.25) is 24.5 Å². The number of benzene rings is 3. The Morgan fingerprint density at radius 2 is 1.56 bits per heavy atom. The number of hydrogen-bond acceptors (Lipinski definition) is 8. The highest BCUT2D eigenvalue weighted by molar-refractivity contribution is 6.32. The quantitative estimate of drug-likeness (QED) is 0.0812. The van der Waals surface area contributed by atoms with Gasteiger partial charge < -0.3 is 9.47 Å². The number of nitro benzene ring substituents is 1. The summed E-state index contributed by atoms with van der Waals surface area (Å²) in [7, 11) is 0. The number of ketones is 1. The third kappa shape index (κ3) is 4.49. The number of ether oxygens (including phenoxy) is 2. The lowest BCUT2D eigenvalue weighted by Gasteiger charge is -2.37. The lowest BCUT2D eigenvalue weighted by atomic mass is 9.63. The third-order valence-corrected chi connectivity index (χ3v) is 9.17. The van der Waals surface area contributed by atoms with E-state index in [1.54, 1.807) is 12.1 Å². The van der Waals surface area contributed by atoms with E-state index in [0.29, 0.717) is 17.5 Å². The van der Waals surface area contributed by atoms with Gasteiger partial charge in [0.05, 0.1) is 33.0 Å². The summed E-state index contributed by atoms with van der Waals surface area (Å²) in [5.74, 6) is -1.17. The van der Waals surface area contributed by atoms with Crippen LogP contribution in [0.15, 0.2) is 78.9 Å². The van der Waals surface area contributed by atoms with Gasteiger partial charge in [-0.25, -0.2) is 9.69 Å². The van der Waals surface area contributed by atoms with Crippen LogP contribution in [0.25, 0.3) is 0 Å². The van der Waals surface area contributed by atoms with Crippen LogP contribution < -0.4 is 9.64 Å². The van der Waals surface area contributed by atoms with Gasteiger partial charge >= 0.3 is 11.7 Å². The minimum atomic E-state index is -0.777. The monoisotopic (exact) mass is 598 g/mol. The molecule has 10 nitrogen and oxygen atoms in total. The number of imide groups is 1. The molecule has 5 aliphatic rings. The standard InChI is InChI=1S/C32H23ClN2O8/c33-24-5-2-6-25(35(40)41)29(24)43-19-9-7-16(8-10-19)26(36)15-42-32(39)17-3-1-4-18(13-17)34-30(37)27-20-11-12-21(23-14-22(20)23)28(27)31(34)38/h1-13,20-23,27-28H,14-15H2/t20-,21+,22-,23-,27+,28+/m1/s1. The molecule has 43 heavy (non-hydrogen) atoms. The van der Waals surface area contributed by atoms with Crippen molar-refractivity contribution in [3.63, 3.8) is 0 Å². The molecule has 0 radical (unpaired) electrons. The Hall–Kier alpha value is -4.83. The molecule has 0 unspecified atom stereocenters. The fraction of sp³-hybridized carbons (Fsp3) is 0.250. The van der Waals surface area contributed by atoms with Gasteiger partial charge in [-0.15, -0.1) is 0 Å². The van der Waals surface area contributed by atoms with Crippen LogP contribution in [0.5, 0.6) is 11.5 Å². The van der Waals surface area contributed by atoms with Gasteiger partial charge in [-0.05, 0) is 78.6 Å². The molecular weight excluding hydrogens is 576 g/mol. The predicted molar refractivity (Wildman–Crippen MR) is 153 cm³/mol. The average Bonchev–Trinajstić information content (AvgIpc) is 3.79. The molecule has 0 aromatic heterocycles. The van der Waals surface area contributed by atoms with E-state index in [2.05, 4.69) is 12.2 Å². The molecule has 2 saturated carbocycles. The van der Waals surface area contributed by atoms with E-state index in [4.69, 9.17) is 21.1 Å². The maximum atomic E-state index is 13.4. The number of para-hydroxylation sites is 1. The highest BCUT2D eigenvalue weighted by Crippen LogP contribution is 2.65. The molecule has 3 fully saturated rings. The molecule has 2 bridgehead atoms. The number of Topliss-reactive ketones (excluding diaryl/α,β-unsaturated/α-hetero) is 1. The van der Waals surface area contributed by atoms with Crippen molar-refractivity contribution in [2.45, 2.75) is 6.42 Å². The van der Waals surface area contributed by atoms with Gasteiger partial charge in [-0.2, -0.15) is 0 Å². The molecular formula is C32H23ClN2O8. The topological polar surface area (TPSA) is 133 Å². The van der Waals surface area contributed by atoms with E-state index in [1.165, 1.54) is 59.5 Å². The van der Waals surface area contributed by atoms with E-state index in [-0.39, 0.29) is 68.8 Å². The summed E-state index contributed by atoms with van der Waals surface area (Å²) in [6.45, 7) is -0.553. The summed E-state index contributed by atoms with van der Waals surface area (Å²) < 4.78 is 10.8. The van der Waals surface area contributed by atoms with Crippen LogP contribution in [0, 0.1) is 45.6 Å². The summed E-state index contributed by atoms with van der Waals surface area (Å²) in [6.07, 6.45) is 5.28. The number of anilines is 1. The number of amides is 2. The number of carbonyl (C=O) groups excluding carboxylic acids is 4. The Morgan fingerprint density at radius 3 is 2.21 bits per heavy atom. The minimum absolute atomic E-state index is 0.0581. The molecule has 3 aromatic rings. The Balaban J connectivity index is 0.999. The number of halogens is 1. The zero-order valence-corrected chi connectivity index (χ0v) is 23.2. The molecule has 216 valence electrons. The largest absolute Gasteiger partial charge is 0.454 e. The minimum Gasteiger partial charge on any atom is -0.454 e. The van der Waals surface area contributed by atoms with Crippen LogP contribution in [-0.4, -0.2) is 35.1 Å². The number of esters is 1. The maximum absolute atomic E-state index is 13.4. The second-order valence-electron chi connectivity index (χ2n) is 11.2. The molecule has 2 amide bonds. The lowest BCUT2D eigenvalue weighted by Crippen LogP contribution is -2.40. The molecule has 0 spiro atoms. The number of rotatable bonds is 8. The van der Waals surface area contributed by atoms with Crippen molar-refractivity contribution in [1.82, 2.24) is 0 Å². The first-order valence-electron chi connectivity index (χ1n) is 13.8. The molecule has 1 aliphatic heterocycles. The molecule has 6 atom stereocenters. The molecule has 4 aliphatic carbocycles. The number of hydrogen-bond donors (Lipinski definition) is 0. The summed E-state index contributed by atoms with van der Waals surface area (Å²) >= 11 is 6.07. The first-order chi connectivity index (χ1) is 20.7. The van der Waals surface area contributed by atoms with Gasteiger partial charge in [0.2, 0.25) is 17.6 Å². The Morgan fingerprint density at radius 1 is 0.907 bits per heavy atom. The van der Waals surface area contributed by atoms with E-state index in [0.717, 1.165) is 6.42 Å². The lowest BCUT2D eigenvalue weighted by molar-refractivity contribution is -0.385. The molecule has 1 saturated heterocycles. The normalized spacial score (nSPS) is 26.1. The zero-order chi connectivity index (χ0) is 30.0. The highest BCUT2D eigenvalue weighted by Gasteiger charge is 2.67. The van der Waals surface area contributed by atoms with Gasteiger partial charge in [-0.1, -0.05) is 35.9 Å². The van der Waals surface area contributed by atoms with Crippen molar-refractivity contribution >= 4 is 46.5 Å². The van der Waals surface area contributed by atoms with Gasteiger partial charge in [0, 0.05) is 11.6 Å². The summed E-state index contributed by atoms with van der Waals surface area (Å²) in [4.78, 5) is 64.3. The number of carbonyl (C=O) groups is 4. The first-order valence-corrected chi connectivity index (χ1v) is 14.2. The summed E-state index contributed by atoms with van der Waals surface area (Å²) in [6, 6.07) is 16.0. The molecule has 11 heteroatoms. The van der Waals surface area contributed by atoms with Crippen LogP contribution in [0.2, 0.25) is 5.02 Å². The van der Waals surface area contributed by atoms with Crippen LogP contribution in [0.3, 0.4) is 0 Å². The van der Waals surface area contributed by atoms with E-state index in [1.807, 2.05) is 0 Å². The van der Waals surface area contributed by atoms with Crippen molar-refractivity contribution < 1.29 is 33.6 Å². The average molecular weight is 599 g/mol. The van der Waals surface area contributed by atoms with Gasteiger partial charge in [0.1, 0.15) is 5.75 Å². The smallest absolute Gasteiger partial charge is 0.338 e. The van der Waals surface area contributed by atoms with Crippen LogP contribution in [0.1, 0.15) is 27.1 Å². The number of allylic oxidation sites excluding steroid dienone is 2. The van der Waals surface area contributed by atoms with Gasteiger partial charge in [0.25, 0.3) is 0 Å².